The van der Waals surface area contributed by atoms with Crippen LogP contribution in [0, 0.1) is 6.92 Å². The van der Waals surface area contributed by atoms with Crippen LogP contribution in [0.5, 0.6) is 0 Å². The molecule has 1 aliphatic rings. The van der Waals surface area contributed by atoms with Crippen molar-refractivity contribution in [1.82, 2.24) is 20.1 Å². The van der Waals surface area contributed by atoms with Crippen LogP contribution in [-0.2, 0) is 16.1 Å². The number of hydrogen-bond acceptors (Lipinski definition) is 4. The van der Waals surface area contributed by atoms with E-state index in [-0.39, 0.29) is 18.4 Å². The molecule has 6 nitrogen and oxygen atoms in total. The Hall–Kier alpha value is -1.95. The van der Waals surface area contributed by atoms with Gasteiger partial charge in [-0.15, -0.1) is 0 Å². The molecule has 1 saturated heterocycles. The highest BCUT2D eigenvalue weighted by molar-refractivity contribution is 5.84. The Balaban J connectivity index is 1.85. The lowest BCUT2D eigenvalue weighted by atomic mass is 10.1. The molecular weight excluding hydrogens is 292 g/mol. The maximum Gasteiger partial charge on any atom is 0.241 e. The number of carbonyl (C=O) groups excluding carboxylic acids is 2. The van der Waals surface area contributed by atoms with Gasteiger partial charge in [-0.3, -0.25) is 14.6 Å². The van der Waals surface area contributed by atoms with E-state index >= 15 is 0 Å². The molecule has 1 N–H and O–H groups in total. The number of pyridine rings is 1. The molecule has 1 aromatic rings. The van der Waals surface area contributed by atoms with E-state index in [1.807, 2.05) is 19.2 Å². The van der Waals surface area contributed by atoms with Crippen molar-refractivity contribution in [2.75, 3.05) is 27.2 Å². The van der Waals surface area contributed by atoms with Crippen molar-refractivity contribution in [3.05, 3.63) is 29.6 Å². The Morgan fingerprint density at radius 3 is 2.91 bits per heavy atom. The summed E-state index contributed by atoms with van der Waals surface area (Å²) in [6.07, 6.45) is 4.00. The summed E-state index contributed by atoms with van der Waals surface area (Å²) in [6.45, 7) is 3.57. The van der Waals surface area contributed by atoms with Crippen LogP contribution in [0.3, 0.4) is 0 Å². The van der Waals surface area contributed by atoms with E-state index in [9.17, 15) is 9.59 Å². The molecule has 23 heavy (non-hydrogen) atoms. The number of likely N-dealkylation sites (N-methyl/N-ethyl adjacent to an activating group) is 1. The predicted octanol–water partition coefficient (Wildman–Crippen LogP) is 0.949. The monoisotopic (exact) mass is 318 g/mol. The van der Waals surface area contributed by atoms with Crippen LogP contribution < -0.4 is 5.32 Å². The molecule has 1 aliphatic heterocycles. The molecule has 0 unspecified atom stereocenters. The fourth-order valence-electron chi connectivity index (χ4n) is 2.69. The minimum absolute atomic E-state index is 0.0305. The van der Waals surface area contributed by atoms with Crippen molar-refractivity contribution in [2.24, 2.45) is 0 Å². The first-order valence-electron chi connectivity index (χ1n) is 8.08. The minimum atomic E-state index is -0.0305. The molecule has 0 bridgehead atoms. The molecule has 126 valence electrons. The molecule has 0 radical (unpaired) electrons. The normalized spacial score (nSPS) is 18.7. The van der Waals surface area contributed by atoms with Gasteiger partial charge < -0.3 is 15.1 Å². The fourth-order valence-corrected chi connectivity index (χ4v) is 2.69. The van der Waals surface area contributed by atoms with Gasteiger partial charge in [-0.1, -0.05) is 0 Å². The lowest BCUT2D eigenvalue weighted by Gasteiger charge is -2.22. The Morgan fingerprint density at radius 2 is 2.22 bits per heavy atom. The first kappa shape index (κ1) is 17.4. The smallest absolute Gasteiger partial charge is 0.241 e. The summed E-state index contributed by atoms with van der Waals surface area (Å²) in [4.78, 5) is 31.4. The highest BCUT2D eigenvalue weighted by atomic mass is 16.2. The number of nitrogens with one attached hydrogen (secondary N) is 1. The molecule has 6 heteroatoms. The lowest BCUT2D eigenvalue weighted by molar-refractivity contribution is -0.138. The predicted molar refractivity (Wildman–Crippen MR) is 88.7 cm³/mol. The summed E-state index contributed by atoms with van der Waals surface area (Å²) in [5.41, 5.74) is 2.21. The van der Waals surface area contributed by atoms with Gasteiger partial charge in [0, 0.05) is 51.5 Å². The SMILES string of the molecule is Cc1cc(CN[C@@H]2CCC(=O)N(CC(=O)N(C)C)CC2)ccn1. The van der Waals surface area contributed by atoms with E-state index in [1.54, 1.807) is 19.0 Å². The van der Waals surface area contributed by atoms with Gasteiger partial charge in [0.05, 0.1) is 6.54 Å². The molecule has 1 aromatic heterocycles. The molecule has 2 heterocycles. The quantitative estimate of drug-likeness (QED) is 0.878. The lowest BCUT2D eigenvalue weighted by Crippen LogP contribution is -2.40. The van der Waals surface area contributed by atoms with Crippen molar-refractivity contribution in [2.45, 2.75) is 38.8 Å². The van der Waals surface area contributed by atoms with Crippen molar-refractivity contribution < 1.29 is 9.59 Å². The maximum absolute atomic E-state index is 12.2. The van der Waals surface area contributed by atoms with E-state index in [2.05, 4.69) is 16.4 Å². The topological polar surface area (TPSA) is 65.5 Å². The number of nitrogens with zero attached hydrogens (tertiary/aromatic N) is 3. The number of likely N-dealkylation sites (tertiary alicyclic amines) is 1. The first-order valence-corrected chi connectivity index (χ1v) is 8.08. The summed E-state index contributed by atoms with van der Waals surface area (Å²) in [5.74, 6) is 0.0428. The van der Waals surface area contributed by atoms with Crippen LogP contribution in [0.15, 0.2) is 18.3 Å². The zero-order chi connectivity index (χ0) is 16.8. The van der Waals surface area contributed by atoms with Crippen LogP contribution in [0.4, 0.5) is 0 Å². The highest BCUT2D eigenvalue weighted by Gasteiger charge is 2.24. The number of aromatic nitrogens is 1. The second-order valence-corrected chi connectivity index (χ2v) is 6.31. The molecule has 2 amide bonds. The third-order valence-electron chi connectivity index (χ3n) is 4.19. The summed E-state index contributed by atoms with van der Waals surface area (Å²) in [6, 6.07) is 4.37. The van der Waals surface area contributed by atoms with Crippen molar-refractivity contribution in [3.63, 3.8) is 0 Å². The molecule has 0 aliphatic carbocycles. The molecule has 0 spiro atoms. The van der Waals surface area contributed by atoms with Gasteiger partial charge in [-0.05, 0) is 37.5 Å². The Labute approximate surface area is 137 Å². The molecule has 2 rings (SSSR count). The van der Waals surface area contributed by atoms with Crippen molar-refractivity contribution in [1.29, 1.82) is 0 Å². The van der Waals surface area contributed by atoms with E-state index in [4.69, 9.17) is 0 Å². The Kier molecular flexibility index (Phi) is 6.10. The first-order chi connectivity index (χ1) is 11.0. The van der Waals surface area contributed by atoms with Gasteiger partial charge in [0.1, 0.15) is 0 Å². The molecule has 0 aromatic carbocycles. The molecule has 1 atom stereocenters. The number of aryl methyl sites for hydroxylation is 1. The molecular formula is C17H26N4O2. The van der Waals surface area contributed by atoms with E-state index in [0.717, 1.165) is 25.1 Å². The van der Waals surface area contributed by atoms with Crippen LogP contribution in [-0.4, -0.2) is 59.8 Å². The highest BCUT2D eigenvalue weighted by Crippen LogP contribution is 2.13. The van der Waals surface area contributed by atoms with Crippen LogP contribution in [0.25, 0.3) is 0 Å². The van der Waals surface area contributed by atoms with Crippen LogP contribution in [0.1, 0.15) is 30.5 Å². The van der Waals surface area contributed by atoms with E-state index < -0.39 is 0 Å². The van der Waals surface area contributed by atoms with E-state index in [0.29, 0.717) is 19.0 Å². The summed E-state index contributed by atoms with van der Waals surface area (Å²) >= 11 is 0. The van der Waals surface area contributed by atoms with Gasteiger partial charge in [-0.25, -0.2) is 0 Å². The number of amides is 2. The van der Waals surface area contributed by atoms with Crippen LogP contribution >= 0.6 is 0 Å². The van der Waals surface area contributed by atoms with Gasteiger partial charge in [0.2, 0.25) is 11.8 Å². The zero-order valence-corrected chi connectivity index (χ0v) is 14.2. The second-order valence-electron chi connectivity index (χ2n) is 6.31. The third kappa shape index (κ3) is 5.32. The van der Waals surface area contributed by atoms with Gasteiger partial charge in [0.25, 0.3) is 0 Å². The van der Waals surface area contributed by atoms with E-state index in [1.165, 1.54) is 10.5 Å². The zero-order valence-electron chi connectivity index (χ0n) is 14.2. The Bertz CT molecular complexity index is 559. The molecule has 1 fully saturated rings. The van der Waals surface area contributed by atoms with Gasteiger partial charge >= 0.3 is 0 Å². The minimum Gasteiger partial charge on any atom is -0.347 e. The summed E-state index contributed by atoms with van der Waals surface area (Å²) < 4.78 is 0. The standard InChI is InChI=1S/C17H26N4O2/c1-13-10-14(6-8-18-13)11-19-15-4-5-16(22)21(9-7-15)12-17(23)20(2)3/h6,8,10,15,19H,4-5,7,9,11-12H2,1-3H3/t15-/m1/s1. The average molecular weight is 318 g/mol. The third-order valence-corrected chi connectivity index (χ3v) is 4.19. The fraction of sp³-hybridized carbons (Fsp3) is 0.588. The second kappa shape index (κ2) is 8.06. The summed E-state index contributed by atoms with van der Waals surface area (Å²) in [7, 11) is 3.43. The van der Waals surface area contributed by atoms with Gasteiger partial charge in [0.15, 0.2) is 0 Å². The number of carbonyl (C=O) groups is 2. The van der Waals surface area contributed by atoms with Crippen molar-refractivity contribution >= 4 is 11.8 Å². The molecule has 0 saturated carbocycles. The van der Waals surface area contributed by atoms with Gasteiger partial charge in [-0.2, -0.15) is 0 Å². The maximum atomic E-state index is 12.2. The van der Waals surface area contributed by atoms with Crippen LogP contribution in [0.2, 0.25) is 0 Å². The van der Waals surface area contributed by atoms with Crippen molar-refractivity contribution in [3.8, 4) is 0 Å². The largest absolute Gasteiger partial charge is 0.347 e. The Morgan fingerprint density at radius 1 is 1.43 bits per heavy atom. The number of rotatable bonds is 5. The number of hydrogen-bond donors (Lipinski definition) is 1. The summed E-state index contributed by atoms with van der Waals surface area (Å²) in [5, 5.41) is 3.52. The average Bonchev–Trinajstić information content (AvgIpc) is 2.68.